The molecular weight excluding hydrogens is 212 g/mol. The normalized spacial score (nSPS) is 11.8. The number of aromatic nitrogens is 2. The van der Waals surface area contributed by atoms with Crippen molar-refractivity contribution in [1.82, 2.24) is 9.78 Å². The van der Waals surface area contributed by atoms with Gasteiger partial charge in [-0.3, -0.25) is 0 Å². The first-order valence-electron chi connectivity index (χ1n) is 5.74. The van der Waals surface area contributed by atoms with Gasteiger partial charge in [0.25, 0.3) is 0 Å². The Morgan fingerprint density at radius 3 is 2.12 bits per heavy atom. The van der Waals surface area contributed by atoms with Gasteiger partial charge < -0.3 is 5.11 Å². The second-order valence-electron chi connectivity index (χ2n) is 5.35. The maximum atomic E-state index is 9.71. The highest BCUT2D eigenvalue weighted by Crippen LogP contribution is 2.24. The summed E-state index contributed by atoms with van der Waals surface area (Å²) in [5, 5.41) is 14.0. The number of aromatic hydroxyl groups is 1. The van der Waals surface area contributed by atoms with Crippen LogP contribution in [0.5, 0.6) is 5.88 Å². The topological polar surface area (TPSA) is 38.0 Å². The molecular formula is C14H18N2O. The lowest BCUT2D eigenvalue weighted by molar-refractivity contribution is 0.433. The molecule has 17 heavy (non-hydrogen) atoms. The predicted octanol–water partition coefficient (Wildman–Crippen LogP) is 3.18. The van der Waals surface area contributed by atoms with Gasteiger partial charge >= 0.3 is 0 Å². The van der Waals surface area contributed by atoms with Gasteiger partial charge in [-0.25, -0.2) is 4.68 Å². The standard InChI is InChI=1S/C14H18N2O/c1-10-9-13(17)16(15-10)12-7-5-11(6-8-12)14(2,3)4/h5-9,17H,1-4H3. The molecule has 0 saturated carbocycles. The predicted molar refractivity (Wildman–Crippen MR) is 68.7 cm³/mol. The number of nitrogens with zero attached hydrogens (tertiary/aromatic N) is 2. The third-order valence-electron chi connectivity index (χ3n) is 2.79. The Labute approximate surface area is 102 Å². The van der Waals surface area contributed by atoms with Gasteiger partial charge in [-0.2, -0.15) is 5.10 Å². The molecule has 2 rings (SSSR count). The van der Waals surface area contributed by atoms with E-state index in [0.29, 0.717) is 0 Å². The fourth-order valence-electron chi connectivity index (χ4n) is 1.78. The summed E-state index contributed by atoms with van der Waals surface area (Å²) in [7, 11) is 0. The van der Waals surface area contributed by atoms with Crippen LogP contribution in [0.2, 0.25) is 0 Å². The Kier molecular flexibility index (Phi) is 2.69. The largest absolute Gasteiger partial charge is 0.493 e. The maximum absolute atomic E-state index is 9.71. The first-order valence-corrected chi connectivity index (χ1v) is 5.74. The highest BCUT2D eigenvalue weighted by molar-refractivity contribution is 5.39. The number of hydrogen-bond acceptors (Lipinski definition) is 2. The van der Waals surface area contributed by atoms with E-state index in [-0.39, 0.29) is 11.3 Å². The molecule has 1 aromatic carbocycles. The van der Waals surface area contributed by atoms with Crippen molar-refractivity contribution in [2.45, 2.75) is 33.1 Å². The summed E-state index contributed by atoms with van der Waals surface area (Å²) < 4.78 is 1.54. The molecule has 1 aromatic heterocycles. The highest BCUT2D eigenvalue weighted by Gasteiger charge is 2.13. The number of rotatable bonds is 1. The summed E-state index contributed by atoms with van der Waals surface area (Å²) >= 11 is 0. The molecule has 0 aliphatic heterocycles. The average molecular weight is 230 g/mol. The SMILES string of the molecule is Cc1cc(O)n(-c2ccc(C(C)(C)C)cc2)n1. The molecule has 1 N–H and O–H groups in total. The molecule has 0 radical (unpaired) electrons. The third-order valence-corrected chi connectivity index (χ3v) is 2.79. The van der Waals surface area contributed by atoms with Gasteiger partial charge in [0.1, 0.15) is 0 Å². The van der Waals surface area contributed by atoms with Crippen LogP contribution in [0.4, 0.5) is 0 Å². The van der Waals surface area contributed by atoms with Crippen LogP contribution >= 0.6 is 0 Å². The number of benzene rings is 1. The Bertz CT molecular complexity index is 518. The quantitative estimate of drug-likeness (QED) is 0.817. The summed E-state index contributed by atoms with van der Waals surface area (Å²) in [5.41, 5.74) is 3.09. The van der Waals surface area contributed by atoms with Crippen LogP contribution in [-0.2, 0) is 5.41 Å². The van der Waals surface area contributed by atoms with E-state index in [1.54, 1.807) is 10.7 Å². The van der Waals surface area contributed by atoms with E-state index in [1.807, 2.05) is 19.1 Å². The summed E-state index contributed by atoms with van der Waals surface area (Å²) in [6, 6.07) is 9.76. The fraction of sp³-hybridized carbons (Fsp3) is 0.357. The first-order chi connectivity index (χ1) is 7.88. The van der Waals surface area contributed by atoms with Crippen LogP contribution in [0.25, 0.3) is 5.69 Å². The van der Waals surface area contributed by atoms with Gasteiger partial charge in [-0.15, -0.1) is 0 Å². The lowest BCUT2D eigenvalue weighted by Crippen LogP contribution is -2.10. The lowest BCUT2D eigenvalue weighted by atomic mass is 9.87. The summed E-state index contributed by atoms with van der Waals surface area (Å²) in [6.07, 6.45) is 0. The molecule has 3 nitrogen and oxygen atoms in total. The van der Waals surface area contributed by atoms with Gasteiger partial charge in [-0.05, 0) is 30.0 Å². The zero-order valence-electron chi connectivity index (χ0n) is 10.7. The summed E-state index contributed by atoms with van der Waals surface area (Å²) in [6.45, 7) is 8.40. The zero-order valence-corrected chi connectivity index (χ0v) is 10.7. The molecule has 0 aliphatic rings. The van der Waals surface area contributed by atoms with Crippen LogP contribution in [0.15, 0.2) is 30.3 Å². The minimum absolute atomic E-state index is 0.139. The second-order valence-corrected chi connectivity index (χ2v) is 5.35. The highest BCUT2D eigenvalue weighted by atomic mass is 16.3. The van der Waals surface area contributed by atoms with Crippen LogP contribution in [-0.4, -0.2) is 14.9 Å². The Morgan fingerprint density at radius 2 is 1.71 bits per heavy atom. The summed E-state index contributed by atoms with van der Waals surface area (Å²) in [4.78, 5) is 0. The minimum Gasteiger partial charge on any atom is -0.493 e. The summed E-state index contributed by atoms with van der Waals surface area (Å²) in [5.74, 6) is 0.172. The van der Waals surface area contributed by atoms with E-state index in [4.69, 9.17) is 0 Å². The van der Waals surface area contributed by atoms with Gasteiger partial charge in [-0.1, -0.05) is 32.9 Å². The minimum atomic E-state index is 0.139. The molecule has 0 atom stereocenters. The molecule has 0 aliphatic carbocycles. The molecule has 2 aromatic rings. The Morgan fingerprint density at radius 1 is 1.12 bits per heavy atom. The van der Waals surface area contributed by atoms with Crippen LogP contribution in [0.3, 0.4) is 0 Å². The van der Waals surface area contributed by atoms with Crippen molar-refractivity contribution >= 4 is 0 Å². The van der Waals surface area contributed by atoms with Crippen LogP contribution < -0.4 is 0 Å². The molecule has 1 heterocycles. The van der Waals surface area contributed by atoms with E-state index in [1.165, 1.54) is 5.56 Å². The second kappa shape index (κ2) is 3.91. The van der Waals surface area contributed by atoms with Crippen LogP contribution in [0.1, 0.15) is 32.0 Å². The molecule has 0 bridgehead atoms. The van der Waals surface area contributed by atoms with Crippen molar-refractivity contribution in [3.8, 4) is 11.6 Å². The van der Waals surface area contributed by atoms with Crippen LogP contribution in [0, 0.1) is 6.92 Å². The molecule has 0 fully saturated rings. The molecule has 0 saturated heterocycles. The monoisotopic (exact) mass is 230 g/mol. The Balaban J connectivity index is 2.39. The van der Waals surface area contributed by atoms with E-state index in [0.717, 1.165) is 11.4 Å². The van der Waals surface area contributed by atoms with E-state index in [9.17, 15) is 5.11 Å². The molecule has 0 unspecified atom stereocenters. The average Bonchev–Trinajstić information content (AvgIpc) is 2.57. The number of hydrogen-bond donors (Lipinski definition) is 1. The molecule has 0 amide bonds. The first kappa shape index (κ1) is 11.7. The van der Waals surface area contributed by atoms with E-state index >= 15 is 0 Å². The van der Waals surface area contributed by atoms with E-state index in [2.05, 4.69) is 38.0 Å². The lowest BCUT2D eigenvalue weighted by Gasteiger charge is -2.19. The Hall–Kier alpha value is -1.77. The zero-order chi connectivity index (χ0) is 12.6. The van der Waals surface area contributed by atoms with Crippen molar-refractivity contribution in [1.29, 1.82) is 0 Å². The maximum Gasteiger partial charge on any atom is 0.214 e. The van der Waals surface area contributed by atoms with Gasteiger partial charge in [0.15, 0.2) is 0 Å². The van der Waals surface area contributed by atoms with Gasteiger partial charge in [0.05, 0.1) is 11.4 Å². The van der Waals surface area contributed by atoms with Gasteiger partial charge in [0.2, 0.25) is 5.88 Å². The fourth-order valence-corrected chi connectivity index (χ4v) is 1.78. The van der Waals surface area contributed by atoms with Crippen molar-refractivity contribution in [2.24, 2.45) is 0 Å². The van der Waals surface area contributed by atoms with Crippen molar-refractivity contribution in [2.75, 3.05) is 0 Å². The van der Waals surface area contributed by atoms with Crippen molar-refractivity contribution < 1.29 is 5.11 Å². The third kappa shape index (κ3) is 2.33. The van der Waals surface area contributed by atoms with Gasteiger partial charge in [0, 0.05) is 6.07 Å². The van der Waals surface area contributed by atoms with E-state index < -0.39 is 0 Å². The van der Waals surface area contributed by atoms with Crippen molar-refractivity contribution in [3.63, 3.8) is 0 Å². The molecule has 90 valence electrons. The molecule has 0 spiro atoms. The smallest absolute Gasteiger partial charge is 0.214 e. The number of aryl methyl sites for hydroxylation is 1. The van der Waals surface area contributed by atoms with Crippen molar-refractivity contribution in [3.05, 3.63) is 41.6 Å². The molecule has 3 heteroatoms.